The summed E-state index contributed by atoms with van der Waals surface area (Å²) in [4.78, 5) is 30.9. The second kappa shape index (κ2) is 12.8. The number of carbonyl (C=O) groups excluding carboxylic acids is 1. The zero-order chi connectivity index (χ0) is 27.2. The summed E-state index contributed by atoms with van der Waals surface area (Å²) in [6.45, 7) is 5.83. The number of amides is 2. The summed E-state index contributed by atoms with van der Waals surface area (Å²) in [5.41, 5.74) is -0.639. The van der Waals surface area contributed by atoms with Crippen molar-refractivity contribution in [3.05, 3.63) is 36.0 Å². The molecule has 1 saturated carbocycles. The molecule has 2 aromatic rings. The number of carboxylic acid groups (broad SMARTS) is 1. The van der Waals surface area contributed by atoms with Crippen molar-refractivity contribution in [3.8, 4) is 0 Å². The molecule has 1 heterocycles. The van der Waals surface area contributed by atoms with Crippen LogP contribution in [0.25, 0.3) is 0 Å². The Hall–Kier alpha value is -1.92. The first kappa shape index (κ1) is 29.6. The van der Waals surface area contributed by atoms with Gasteiger partial charge < -0.3 is 10.0 Å². The number of carbonyl (C=O) groups is 2. The molecule has 0 unspecified atom stereocenters. The number of nitrogens with zero attached hydrogens (tertiary/aromatic N) is 2. The van der Waals surface area contributed by atoms with Gasteiger partial charge in [-0.25, -0.2) is 9.78 Å². The van der Waals surface area contributed by atoms with Gasteiger partial charge in [0.1, 0.15) is 4.75 Å². The maximum atomic E-state index is 13.3. The van der Waals surface area contributed by atoms with Crippen molar-refractivity contribution >= 4 is 52.0 Å². The van der Waals surface area contributed by atoms with Gasteiger partial charge in [0.25, 0.3) is 0 Å². The smallest absolute Gasteiger partial charge is 0.417 e. The standard InChI is InChI=1S/C25H32F3N3O3S3/c1-16-9-11-17(12-10-16)31(13-6-14-35-19-8-5-4-7-18(19)25(26,27)28)23(34)30-22-29-15-20(36-22)37-24(2,3)21(32)33/h4-5,7-8,15-17H,6,9-14H2,1-3H3,(H,32,33)(H,29,30,34). The molecular weight excluding hydrogens is 543 g/mol. The van der Waals surface area contributed by atoms with Crippen molar-refractivity contribution < 1.29 is 27.9 Å². The summed E-state index contributed by atoms with van der Waals surface area (Å²) in [6.07, 6.45) is 1.49. The van der Waals surface area contributed by atoms with E-state index in [9.17, 15) is 27.9 Å². The highest BCUT2D eigenvalue weighted by molar-refractivity contribution is 8.03. The number of hydrogen-bond acceptors (Lipinski definition) is 6. The zero-order valence-corrected chi connectivity index (χ0v) is 23.5. The second-order valence-corrected chi connectivity index (χ2v) is 13.7. The van der Waals surface area contributed by atoms with Crippen molar-refractivity contribution in [1.29, 1.82) is 0 Å². The molecule has 0 atom stereocenters. The number of carboxylic acids is 1. The van der Waals surface area contributed by atoms with Crippen LogP contribution < -0.4 is 5.32 Å². The fourth-order valence-corrected chi connectivity index (χ4v) is 7.34. The van der Waals surface area contributed by atoms with Gasteiger partial charge in [0.2, 0.25) is 0 Å². The van der Waals surface area contributed by atoms with Crippen molar-refractivity contribution in [2.45, 2.75) is 78.9 Å². The third-order valence-electron chi connectivity index (χ3n) is 6.25. The van der Waals surface area contributed by atoms with E-state index in [4.69, 9.17) is 0 Å². The van der Waals surface area contributed by atoms with Gasteiger partial charge >= 0.3 is 18.2 Å². The van der Waals surface area contributed by atoms with E-state index in [0.29, 0.717) is 34.0 Å². The number of alkyl halides is 3. The lowest BCUT2D eigenvalue weighted by Crippen LogP contribution is -2.45. The fourth-order valence-electron chi connectivity index (χ4n) is 4.07. The summed E-state index contributed by atoms with van der Waals surface area (Å²) >= 11 is 3.53. The molecule has 0 saturated heterocycles. The summed E-state index contributed by atoms with van der Waals surface area (Å²) in [6, 6.07) is 5.31. The van der Waals surface area contributed by atoms with Crippen LogP contribution in [-0.4, -0.2) is 50.1 Å². The van der Waals surface area contributed by atoms with E-state index in [2.05, 4.69) is 17.2 Å². The highest BCUT2D eigenvalue weighted by Gasteiger charge is 2.33. The molecule has 1 aromatic carbocycles. The van der Waals surface area contributed by atoms with Gasteiger partial charge in [-0.15, -0.1) is 11.8 Å². The molecule has 1 aliphatic carbocycles. The van der Waals surface area contributed by atoms with Crippen LogP contribution in [0.1, 0.15) is 58.4 Å². The number of aliphatic carboxylic acids is 1. The number of rotatable bonds is 10. The van der Waals surface area contributed by atoms with Crippen LogP contribution in [0.4, 0.5) is 23.1 Å². The summed E-state index contributed by atoms with van der Waals surface area (Å²) in [5.74, 6) is 0.110. The Labute approximate surface area is 227 Å². The first-order valence-corrected chi connectivity index (χ1v) is 14.7. The van der Waals surface area contributed by atoms with Gasteiger partial charge in [-0.3, -0.25) is 10.1 Å². The number of urea groups is 1. The number of anilines is 1. The Kier molecular flexibility index (Phi) is 10.2. The molecule has 0 radical (unpaired) electrons. The predicted octanol–water partition coefficient (Wildman–Crippen LogP) is 7.71. The van der Waals surface area contributed by atoms with Crippen LogP contribution >= 0.6 is 34.9 Å². The van der Waals surface area contributed by atoms with Crippen LogP contribution in [0.5, 0.6) is 0 Å². The molecule has 1 aliphatic rings. The van der Waals surface area contributed by atoms with E-state index in [1.807, 2.05) is 0 Å². The first-order chi connectivity index (χ1) is 17.4. The van der Waals surface area contributed by atoms with E-state index in [0.717, 1.165) is 55.3 Å². The number of nitrogens with one attached hydrogen (secondary N) is 1. The molecule has 37 heavy (non-hydrogen) atoms. The first-order valence-electron chi connectivity index (χ1n) is 12.1. The molecular formula is C25H32F3N3O3S3. The number of hydrogen-bond donors (Lipinski definition) is 2. The van der Waals surface area contributed by atoms with Crippen LogP contribution in [-0.2, 0) is 11.0 Å². The van der Waals surface area contributed by atoms with Crippen LogP contribution in [0.3, 0.4) is 0 Å². The Morgan fingerprint density at radius 2 is 1.86 bits per heavy atom. The molecule has 6 nitrogen and oxygen atoms in total. The summed E-state index contributed by atoms with van der Waals surface area (Å²) < 4.78 is 39.5. The molecule has 1 fully saturated rings. The van der Waals surface area contributed by atoms with Crippen LogP contribution in [0.15, 0.2) is 39.6 Å². The molecule has 204 valence electrons. The summed E-state index contributed by atoms with van der Waals surface area (Å²) in [5, 5.41) is 12.6. The largest absolute Gasteiger partial charge is 0.480 e. The van der Waals surface area contributed by atoms with E-state index in [-0.39, 0.29) is 17.0 Å². The van der Waals surface area contributed by atoms with Gasteiger partial charge in [-0.1, -0.05) is 42.2 Å². The van der Waals surface area contributed by atoms with E-state index in [1.54, 1.807) is 31.0 Å². The lowest BCUT2D eigenvalue weighted by molar-refractivity contribution is -0.140. The highest BCUT2D eigenvalue weighted by atomic mass is 32.2. The molecule has 12 heteroatoms. The topological polar surface area (TPSA) is 82.5 Å². The van der Waals surface area contributed by atoms with Gasteiger partial charge in [0, 0.05) is 17.5 Å². The second-order valence-electron chi connectivity index (χ2n) is 9.64. The Morgan fingerprint density at radius 1 is 1.19 bits per heavy atom. The number of benzene rings is 1. The molecule has 0 spiro atoms. The summed E-state index contributed by atoms with van der Waals surface area (Å²) in [7, 11) is 0. The maximum Gasteiger partial charge on any atom is 0.417 e. The highest BCUT2D eigenvalue weighted by Crippen LogP contribution is 2.38. The van der Waals surface area contributed by atoms with Crippen LogP contribution in [0.2, 0.25) is 0 Å². The Morgan fingerprint density at radius 3 is 2.51 bits per heavy atom. The number of halogens is 3. The Bertz CT molecular complexity index is 1070. The zero-order valence-electron chi connectivity index (χ0n) is 21.0. The van der Waals surface area contributed by atoms with Crippen molar-refractivity contribution in [1.82, 2.24) is 9.88 Å². The fraction of sp³-hybridized carbons (Fsp3) is 0.560. The lowest BCUT2D eigenvalue weighted by Gasteiger charge is -2.36. The normalized spacial score (nSPS) is 18.4. The average Bonchev–Trinajstić information content (AvgIpc) is 3.25. The monoisotopic (exact) mass is 575 g/mol. The molecule has 3 rings (SSSR count). The molecule has 0 bridgehead atoms. The van der Waals surface area contributed by atoms with Gasteiger partial charge in [0.15, 0.2) is 5.13 Å². The minimum absolute atomic E-state index is 0.0587. The van der Waals surface area contributed by atoms with E-state index >= 15 is 0 Å². The minimum Gasteiger partial charge on any atom is -0.480 e. The van der Waals surface area contributed by atoms with E-state index < -0.39 is 22.5 Å². The minimum atomic E-state index is -4.40. The lowest BCUT2D eigenvalue weighted by atomic mass is 9.86. The maximum absolute atomic E-state index is 13.3. The number of thiazole rings is 1. The van der Waals surface area contributed by atoms with E-state index in [1.165, 1.54) is 23.5 Å². The molecule has 2 N–H and O–H groups in total. The predicted molar refractivity (Wildman–Crippen MR) is 144 cm³/mol. The molecule has 0 aliphatic heterocycles. The third-order valence-corrected chi connectivity index (χ3v) is 9.61. The number of thioether (sulfide) groups is 2. The third kappa shape index (κ3) is 8.54. The van der Waals surface area contributed by atoms with Gasteiger partial charge in [-0.2, -0.15) is 13.2 Å². The van der Waals surface area contributed by atoms with Crippen molar-refractivity contribution in [2.24, 2.45) is 5.92 Å². The molecule has 2 amide bonds. The molecule has 1 aromatic heterocycles. The SMILES string of the molecule is CC1CCC(N(CCCSc2ccccc2C(F)(F)F)C(=O)Nc2ncc(SC(C)(C)C(=O)O)s2)CC1. The van der Waals surface area contributed by atoms with Gasteiger partial charge in [0.05, 0.1) is 16.0 Å². The van der Waals surface area contributed by atoms with Crippen molar-refractivity contribution in [2.75, 3.05) is 17.6 Å². The Balaban J connectivity index is 1.63. The number of aromatic nitrogens is 1. The van der Waals surface area contributed by atoms with Crippen LogP contribution in [0, 0.1) is 5.92 Å². The quantitative estimate of drug-likeness (QED) is 0.223. The average molecular weight is 576 g/mol. The van der Waals surface area contributed by atoms with Crippen molar-refractivity contribution in [3.63, 3.8) is 0 Å². The van der Waals surface area contributed by atoms with Gasteiger partial charge in [-0.05, 0) is 69.8 Å².